The number of carbonyl (C=O) groups is 1. The molecule has 1 fully saturated rings. The zero-order valence-electron chi connectivity index (χ0n) is 16.8. The number of carbonyl (C=O) groups excluding carboxylic acids is 1. The van der Waals surface area contributed by atoms with E-state index in [0.717, 1.165) is 38.4 Å². The molecular weight excluding hydrogens is 382 g/mol. The van der Waals surface area contributed by atoms with Gasteiger partial charge >= 0.3 is 0 Å². The number of piperidine rings is 1. The Morgan fingerprint density at radius 3 is 2.38 bits per heavy atom. The smallest absolute Gasteiger partial charge is 0.231 e. The molecule has 154 valence electrons. The SMILES string of the molecule is CN=C(NCc1ccc(Sc2ccccc2)cc1)NC1CCN(CC(N)=O)CC1. The maximum absolute atomic E-state index is 11.0. The molecule has 2 aromatic rings. The van der Waals surface area contributed by atoms with Crippen molar-refractivity contribution >= 4 is 23.6 Å². The van der Waals surface area contributed by atoms with Gasteiger partial charge in [0.1, 0.15) is 0 Å². The Hall–Kier alpha value is -2.51. The van der Waals surface area contributed by atoms with Crippen LogP contribution in [0, 0.1) is 0 Å². The standard InChI is InChI=1S/C22H29N5OS/c1-24-22(26-18-11-13-27(14-12-18)16-21(23)28)25-15-17-7-9-20(10-8-17)29-19-5-3-2-4-6-19/h2-10,18H,11-16H2,1H3,(H2,23,28)(H2,24,25,26). The maximum atomic E-state index is 11.0. The van der Waals surface area contributed by atoms with E-state index in [1.165, 1.54) is 15.4 Å². The molecule has 1 aliphatic rings. The molecule has 0 atom stereocenters. The molecule has 6 nitrogen and oxygen atoms in total. The van der Waals surface area contributed by atoms with Gasteiger partial charge in [-0.3, -0.25) is 14.7 Å². The van der Waals surface area contributed by atoms with Crippen LogP contribution in [0.5, 0.6) is 0 Å². The number of hydrogen-bond donors (Lipinski definition) is 3. The van der Waals surface area contributed by atoms with E-state index >= 15 is 0 Å². The number of hydrogen-bond acceptors (Lipinski definition) is 4. The zero-order valence-corrected chi connectivity index (χ0v) is 17.6. The van der Waals surface area contributed by atoms with Crippen molar-refractivity contribution in [1.82, 2.24) is 15.5 Å². The summed E-state index contributed by atoms with van der Waals surface area (Å²) in [6, 6.07) is 19.3. The van der Waals surface area contributed by atoms with Gasteiger partial charge in [0.2, 0.25) is 5.91 Å². The second-order valence-corrected chi connectivity index (χ2v) is 8.29. The summed E-state index contributed by atoms with van der Waals surface area (Å²) >= 11 is 1.76. The molecular formula is C22H29N5OS. The highest BCUT2D eigenvalue weighted by atomic mass is 32.2. The fraction of sp³-hybridized carbons (Fsp3) is 0.364. The lowest BCUT2D eigenvalue weighted by Gasteiger charge is -2.32. The molecule has 0 spiro atoms. The number of aliphatic imine (C=N–C) groups is 1. The van der Waals surface area contributed by atoms with Gasteiger partial charge in [-0.2, -0.15) is 0 Å². The van der Waals surface area contributed by atoms with Crippen LogP contribution in [0.25, 0.3) is 0 Å². The Morgan fingerprint density at radius 1 is 1.10 bits per heavy atom. The van der Waals surface area contributed by atoms with Gasteiger partial charge in [0.15, 0.2) is 5.96 Å². The third kappa shape index (κ3) is 7.11. The maximum Gasteiger partial charge on any atom is 0.231 e. The van der Waals surface area contributed by atoms with Crippen molar-refractivity contribution in [2.24, 2.45) is 10.7 Å². The molecule has 0 aromatic heterocycles. The molecule has 1 amide bonds. The van der Waals surface area contributed by atoms with Crippen LogP contribution < -0.4 is 16.4 Å². The largest absolute Gasteiger partial charge is 0.369 e. The summed E-state index contributed by atoms with van der Waals surface area (Å²) in [6.07, 6.45) is 1.94. The monoisotopic (exact) mass is 411 g/mol. The summed E-state index contributed by atoms with van der Waals surface area (Å²) in [5.41, 5.74) is 6.49. The minimum absolute atomic E-state index is 0.262. The quantitative estimate of drug-likeness (QED) is 0.482. The van der Waals surface area contributed by atoms with Crippen LogP contribution in [0.1, 0.15) is 18.4 Å². The lowest BCUT2D eigenvalue weighted by atomic mass is 10.1. The number of benzene rings is 2. The second kappa shape index (κ2) is 10.9. The van der Waals surface area contributed by atoms with Gasteiger partial charge < -0.3 is 16.4 Å². The summed E-state index contributed by atoms with van der Waals surface area (Å²) in [4.78, 5) is 20.0. The van der Waals surface area contributed by atoms with E-state index in [4.69, 9.17) is 5.73 Å². The third-order valence-corrected chi connectivity index (χ3v) is 5.91. The molecule has 4 N–H and O–H groups in total. The van der Waals surface area contributed by atoms with Crippen LogP contribution >= 0.6 is 11.8 Å². The van der Waals surface area contributed by atoms with Crippen LogP contribution in [-0.4, -0.2) is 49.5 Å². The number of primary amides is 1. The molecule has 0 bridgehead atoms. The Morgan fingerprint density at radius 2 is 1.76 bits per heavy atom. The van der Waals surface area contributed by atoms with Gasteiger partial charge in [-0.25, -0.2) is 0 Å². The highest BCUT2D eigenvalue weighted by Crippen LogP contribution is 2.27. The topological polar surface area (TPSA) is 82.8 Å². The first-order chi connectivity index (χ1) is 14.1. The number of nitrogens with zero attached hydrogens (tertiary/aromatic N) is 2. The summed E-state index contributed by atoms with van der Waals surface area (Å²) in [7, 11) is 1.79. The first-order valence-electron chi connectivity index (χ1n) is 9.92. The summed E-state index contributed by atoms with van der Waals surface area (Å²) in [5, 5.41) is 6.88. The number of likely N-dealkylation sites (tertiary alicyclic amines) is 1. The van der Waals surface area contributed by atoms with Crippen LogP contribution in [0.3, 0.4) is 0 Å². The minimum Gasteiger partial charge on any atom is -0.369 e. The van der Waals surface area contributed by atoms with E-state index in [-0.39, 0.29) is 5.91 Å². The van der Waals surface area contributed by atoms with Gasteiger partial charge in [0.25, 0.3) is 0 Å². The van der Waals surface area contributed by atoms with Crippen molar-refractivity contribution in [3.05, 3.63) is 60.2 Å². The third-order valence-electron chi connectivity index (χ3n) is 4.89. The van der Waals surface area contributed by atoms with Gasteiger partial charge in [0, 0.05) is 42.5 Å². The lowest BCUT2D eigenvalue weighted by Crippen LogP contribution is -2.49. The van der Waals surface area contributed by atoms with E-state index in [9.17, 15) is 4.79 Å². The highest BCUT2D eigenvalue weighted by molar-refractivity contribution is 7.99. The molecule has 0 saturated carbocycles. The molecule has 1 aliphatic heterocycles. The number of guanidine groups is 1. The van der Waals surface area contributed by atoms with Crippen LogP contribution in [0.4, 0.5) is 0 Å². The van der Waals surface area contributed by atoms with Gasteiger partial charge in [-0.05, 0) is 42.7 Å². The van der Waals surface area contributed by atoms with Crippen molar-refractivity contribution in [3.8, 4) is 0 Å². The molecule has 29 heavy (non-hydrogen) atoms. The lowest BCUT2D eigenvalue weighted by molar-refractivity contribution is -0.119. The average molecular weight is 412 g/mol. The summed E-state index contributed by atoms with van der Waals surface area (Å²) < 4.78 is 0. The summed E-state index contributed by atoms with van der Waals surface area (Å²) in [6.45, 7) is 2.81. The van der Waals surface area contributed by atoms with E-state index in [1.807, 2.05) is 6.07 Å². The van der Waals surface area contributed by atoms with Crippen molar-refractivity contribution in [1.29, 1.82) is 0 Å². The van der Waals surface area contributed by atoms with Gasteiger partial charge in [-0.1, -0.05) is 42.1 Å². The molecule has 3 rings (SSSR count). The van der Waals surface area contributed by atoms with Crippen LogP contribution in [0.2, 0.25) is 0 Å². The highest BCUT2D eigenvalue weighted by Gasteiger charge is 2.20. The van der Waals surface area contributed by atoms with E-state index in [2.05, 4.69) is 69.1 Å². The Labute approximate surface area is 177 Å². The summed E-state index contributed by atoms with van der Waals surface area (Å²) in [5.74, 6) is 0.545. The number of rotatable bonds is 7. The molecule has 1 heterocycles. The normalized spacial score (nSPS) is 15.8. The fourth-order valence-corrected chi connectivity index (χ4v) is 4.17. The molecule has 0 radical (unpaired) electrons. The molecule has 1 saturated heterocycles. The predicted molar refractivity (Wildman–Crippen MR) is 119 cm³/mol. The van der Waals surface area contributed by atoms with E-state index in [0.29, 0.717) is 12.6 Å². The molecule has 0 aliphatic carbocycles. The van der Waals surface area contributed by atoms with Crippen molar-refractivity contribution in [3.63, 3.8) is 0 Å². The number of nitrogens with two attached hydrogens (primary N) is 1. The van der Waals surface area contributed by atoms with Gasteiger partial charge in [-0.15, -0.1) is 0 Å². The van der Waals surface area contributed by atoms with E-state index < -0.39 is 0 Å². The zero-order chi connectivity index (χ0) is 20.5. The Kier molecular flexibility index (Phi) is 7.95. The van der Waals surface area contributed by atoms with E-state index in [1.54, 1.807) is 18.8 Å². The average Bonchev–Trinajstić information content (AvgIpc) is 2.74. The van der Waals surface area contributed by atoms with Gasteiger partial charge in [0.05, 0.1) is 6.54 Å². The Bertz CT molecular complexity index is 802. The molecule has 7 heteroatoms. The number of nitrogens with one attached hydrogen (secondary N) is 2. The van der Waals surface area contributed by atoms with Crippen LogP contribution in [0.15, 0.2) is 69.4 Å². The molecule has 2 aromatic carbocycles. The predicted octanol–water partition coefficient (Wildman–Crippen LogP) is 2.45. The molecule has 0 unspecified atom stereocenters. The first-order valence-corrected chi connectivity index (χ1v) is 10.7. The van der Waals surface area contributed by atoms with Crippen molar-refractivity contribution < 1.29 is 4.79 Å². The van der Waals surface area contributed by atoms with Crippen LogP contribution in [-0.2, 0) is 11.3 Å². The number of amides is 1. The Balaban J connectivity index is 1.43. The second-order valence-electron chi connectivity index (χ2n) is 7.15. The van der Waals surface area contributed by atoms with Crippen molar-refractivity contribution in [2.75, 3.05) is 26.7 Å². The first kappa shape index (κ1) is 21.2. The fourth-order valence-electron chi connectivity index (χ4n) is 3.33. The van der Waals surface area contributed by atoms with Crippen molar-refractivity contribution in [2.45, 2.75) is 35.2 Å². The minimum atomic E-state index is -0.262.